The first-order valence-corrected chi connectivity index (χ1v) is 4.53. The van der Waals surface area contributed by atoms with E-state index in [0.717, 1.165) is 25.9 Å². The standard InChI is InChI=1S/C7H17N5.2ClH/c8-4-3-6-10-5-1-2-7-11-12-9;;/h10H,1-8H2;2*1H. The number of hydrogen-bond donors (Lipinski definition) is 2. The summed E-state index contributed by atoms with van der Waals surface area (Å²) in [6, 6.07) is 0. The molecular formula is C7H19Cl2N5. The number of azide groups is 1. The zero-order valence-electron chi connectivity index (χ0n) is 8.33. The summed E-state index contributed by atoms with van der Waals surface area (Å²) >= 11 is 0. The van der Waals surface area contributed by atoms with Gasteiger partial charge in [0.2, 0.25) is 0 Å². The minimum atomic E-state index is 0. The van der Waals surface area contributed by atoms with E-state index in [0.29, 0.717) is 6.54 Å². The summed E-state index contributed by atoms with van der Waals surface area (Å²) in [5.41, 5.74) is 11.8. The Hall–Kier alpha value is -0.190. The lowest BCUT2D eigenvalue weighted by Crippen LogP contribution is -3.00. The second-order valence-corrected chi connectivity index (χ2v) is 2.73. The fourth-order valence-corrected chi connectivity index (χ4v) is 0.949. The molecule has 0 aliphatic heterocycles. The lowest BCUT2D eigenvalue weighted by Gasteiger charge is -1.97. The van der Waals surface area contributed by atoms with Gasteiger partial charge in [-0.25, -0.2) is 0 Å². The number of nitrogens with zero attached hydrogens (tertiary/aromatic N) is 3. The van der Waals surface area contributed by atoms with Gasteiger partial charge in [0.25, 0.3) is 0 Å². The maximum absolute atomic E-state index is 7.98. The molecule has 0 amide bonds. The van der Waals surface area contributed by atoms with Gasteiger partial charge in [0.1, 0.15) is 0 Å². The summed E-state index contributed by atoms with van der Waals surface area (Å²) in [5, 5.41) is 5.76. The highest BCUT2D eigenvalue weighted by atomic mass is 35.5. The Morgan fingerprint density at radius 3 is 2.36 bits per heavy atom. The van der Waals surface area contributed by atoms with E-state index >= 15 is 0 Å². The second-order valence-electron chi connectivity index (χ2n) is 2.73. The minimum Gasteiger partial charge on any atom is -1.00 e. The molecule has 0 rings (SSSR count). The number of halogens is 2. The van der Waals surface area contributed by atoms with Crippen LogP contribution in [0, 0.1) is 0 Å². The van der Waals surface area contributed by atoms with Crippen molar-refractivity contribution in [2.45, 2.75) is 19.3 Å². The molecule has 0 atom stereocenters. The lowest BCUT2D eigenvalue weighted by molar-refractivity contribution is -0.657. The van der Waals surface area contributed by atoms with Crippen LogP contribution >= 0.6 is 0 Å². The highest BCUT2D eigenvalue weighted by Crippen LogP contribution is 1.85. The van der Waals surface area contributed by atoms with Crippen molar-refractivity contribution < 1.29 is 35.9 Å². The second kappa shape index (κ2) is 18.6. The molecule has 0 aliphatic carbocycles. The first-order chi connectivity index (χ1) is 5.91. The van der Waals surface area contributed by atoms with Crippen molar-refractivity contribution in [2.24, 2.45) is 5.11 Å². The van der Waals surface area contributed by atoms with E-state index in [9.17, 15) is 0 Å². The smallest absolute Gasteiger partial charge is 0.0809 e. The molecular weight excluding hydrogens is 225 g/mol. The van der Waals surface area contributed by atoms with Crippen LogP contribution in [0.4, 0.5) is 0 Å². The Labute approximate surface area is 97.3 Å². The molecule has 0 aliphatic rings. The SMILES string of the molecule is [Cl-].[Cl-].[N-]=[N+]=NCCCC[NH2+]CCC[NH3+]. The number of unbranched alkanes of at least 4 members (excludes halogenated alkanes) is 1. The quantitative estimate of drug-likeness (QED) is 0.184. The highest BCUT2D eigenvalue weighted by Gasteiger charge is 1.90. The molecule has 7 heteroatoms. The monoisotopic (exact) mass is 243 g/mol. The van der Waals surface area contributed by atoms with Gasteiger partial charge >= 0.3 is 0 Å². The summed E-state index contributed by atoms with van der Waals surface area (Å²) in [6.45, 7) is 3.97. The molecule has 5 N–H and O–H groups in total. The van der Waals surface area contributed by atoms with Crippen LogP contribution in [0.25, 0.3) is 10.4 Å². The first-order valence-electron chi connectivity index (χ1n) is 4.53. The average molecular weight is 244 g/mol. The van der Waals surface area contributed by atoms with E-state index in [4.69, 9.17) is 5.53 Å². The summed E-state index contributed by atoms with van der Waals surface area (Å²) in [7, 11) is 0. The van der Waals surface area contributed by atoms with Crippen LogP contribution in [0.15, 0.2) is 5.11 Å². The zero-order valence-corrected chi connectivity index (χ0v) is 9.84. The van der Waals surface area contributed by atoms with Gasteiger partial charge in [-0.3, -0.25) is 0 Å². The zero-order chi connectivity index (χ0) is 9.07. The molecule has 0 spiro atoms. The van der Waals surface area contributed by atoms with E-state index in [2.05, 4.69) is 21.1 Å². The molecule has 0 fully saturated rings. The maximum Gasteiger partial charge on any atom is 0.0809 e. The number of hydrogen-bond acceptors (Lipinski definition) is 1. The molecule has 0 radical (unpaired) electrons. The molecule has 0 aromatic heterocycles. The van der Waals surface area contributed by atoms with Crippen molar-refractivity contribution in [1.29, 1.82) is 0 Å². The highest BCUT2D eigenvalue weighted by molar-refractivity contribution is 4.45. The molecule has 0 aromatic carbocycles. The maximum atomic E-state index is 7.98. The fraction of sp³-hybridized carbons (Fsp3) is 1.00. The third-order valence-corrected chi connectivity index (χ3v) is 1.64. The number of quaternary nitrogens is 2. The minimum absolute atomic E-state index is 0. The largest absolute Gasteiger partial charge is 1.00 e. The van der Waals surface area contributed by atoms with Crippen LogP contribution in [0.3, 0.4) is 0 Å². The third-order valence-electron chi connectivity index (χ3n) is 1.64. The Morgan fingerprint density at radius 2 is 1.79 bits per heavy atom. The van der Waals surface area contributed by atoms with Crippen molar-refractivity contribution in [3.63, 3.8) is 0 Å². The van der Waals surface area contributed by atoms with Gasteiger partial charge in [-0.1, -0.05) is 5.11 Å². The van der Waals surface area contributed by atoms with Crippen molar-refractivity contribution in [2.75, 3.05) is 26.2 Å². The van der Waals surface area contributed by atoms with Gasteiger partial charge in [0.15, 0.2) is 0 Å². The van der Waals surface area contributed by atoms with Gasteiger partial charge < -0.3 is 35.9 Å². The molecule has 0 bridgehead atoms. The van der Waals surface area contributed by atoms with Crippen LogP contribution in [-0.2, 0) is 0 Å². The van der Waals surface area contributed by atoms with Gasteiger partial charge in [0, 0.05) is 17.9 Å². The van der Waals surface area contributed by atoms with Crippen molar-refractivity contribution in [3.8, 4) is 0 Å². The predicted octanol–water partition coefficient (Wildman–Crippen LogP) is -6.72. The molecule has 0 heterocycles. The van der Waals surface area contributed by atoms with Crippen LogP contribution < -0.4 is 35.9 Å². The summed E-state index contributed by atoms with van der Waals surface area (Å²) < 4.78 is 0. The topological polar surface area (TPSA) is 93.0 Å². The molecule has 0 aromatic rings. The molecule has 0 saturated carbocycles. The van der Waals surface area contributed by atoms with E-state index in [1.807, 2.05) is 0 Å². The Kier molecular flexibility index (Phi) is 25.7. The Balaban J connectivity index is -0.000000605. The molecule has 14 heavy (non-hydrogen) atoms. The van der Waals surface area contributed by atoms with Gasteiger partial charge in [-0.15, -0.1) is 0 Å². The van der Waals surface area contributed by atoms with E-state index in [-0.39, 0.29) is 24.8 Å². The van der Waals surface area contributed by atoms with Crippen LogP contribution in [-0.4, -0.2) is 26.2 Å². The fourth-order valence-electron chi connectivity index (χ4n) is 0.949. The van der Waals surface area contributed by atoms with E-state index in [1.54, 1.807) is 0 Å². The molecule has 5 nitrogen and oxygen atoms in total. The molecule has 0 unspecified atom stereocenters. The van der Waals surface area contributed by atoms with Crippen molar-refractivity contribution >= 4 is 0 Å². The average Bonchev–Trinajstić information content (AvgIpc) is 2.10. The lowest BCUT2D eigenvalue weighted by atomic mass is 10.3. The van der Waals surface area contributed by atoms with Crippen LogP contribution in [0.1, 0.15) is 19.3 Å². The Morgan fingerprint density at radius 1 is 1.14 bits per heavy atom. The van der Waals surface area contributed by atoms with Gasteiger partial charge in [-0.05, 0) is 18.4 Å². The normalized spacial score (nSPS) is 8.07. The molecule has 0 saturated heterocycles. The molecule has 86 valence electrons. The van der Waals surface area contributed by atoms with Crippen molar-refractivity contribution in [3.05, 3.63) is 10.4 Å². The third kappa shape index (κ3) is 17.8. The first kappa shape index (κ1) is 19.4. The Bertz CT molecular complexity index is 138. The van der Waals surface area contributed by atoms with Gasteiger partial charge in [-0.2, -0.15) is 0 Å². The van der Waals surface area contributed by atoms with Crippen LogP contribution in [0.2, 0.25) is 0 Å². The van der Waals surface area contributed by atoms with E-state index < -0.39 is 0 Å². The summed E-state index contributed by atoms with van der Waals surface area (Å²) in [4.78, 5) is 2.69. The van der Waals surface area contributed by atoms with Gasteiger partial charge in [0.05, 0.1) is 19.6 Å². The van der Waals surface area contributed by atoms with E-state index in [1.165, 1.54) is 13.0 Å². The summed E-state index contributed by atoms with van der Waals surface area (Å²) in [5.74, 6) is 0. The van der Waals surface area contributed by atoms with Crippen LogP contribution in [0.5, 0.6) is 0 Å². The number of nitrogens with two attached hydrogens (primary N) is 1. The number of rotatable bonds is 8. The predicted molar refractivity (Wildman–Crippen MR) is 47.3 cm³/mol. The summed E-state index contributed by atoms with van der Waals surface area (Å²) in [6.07, 6.45) is 3.33. The van der Waals surface area contributed by atoms with Crippen molar-refractivity contribution in [1.82, 2.24) is 0 Å².